The van der Waals surface area contributed by atoms with E-state index in [1.165, 1.54) is 0 Å². The fraction of sp³-hybridized carbons (Fsp3) is 0.909. The van der Waals surface area contributed by atoms with Gasteiger partial charge in [-0.05, 0) is 11.8 Å². The number of nitrogens with zero attached hydrogens (tertiary/aromatic N) is 1. The first-order chi connectivity index (χ1) is 6.22. The molecule has 0 fully saturated rings. The van der Waals surface area contributed by atoms with Gasteiger partial charge in [-0.3, -0.25) is 4.79 Å². The van der Waals surface area contributed by atoms with Gasteiger partial charge in [0.05, 0.1) is 0 Å². The predicted octanol–water partition coefficient (Wildman–Crippen LogP) is 3.05. The first-order valence-corrected chi connectivity index (χ1v) is 6.02. The van der Waals surface area contributed by atoms with Gasteiger partial charge < -0.3 is 4.90 Å². The SMILES string of the molecule is CC(Br)CCN(C)C(=O)CC(C)(C)C. The van der Waals surface area contributed by atoms with Gasteiger partial charge in [0, 0.05) is 24.8 Å². The van der Waals surface area contributed by atoms with Crippen LogP contribution in [0, 0.1) is 5.41 Å². The highest BCUT2D eigenvalue weighted by Crippen LogP contribution is 2.19. The largest absolute Gasteiger partial charge is 0.346 e. The quantitative estimate of drug-likeness (QED) is 0.715. The Morgan fingerprint density at radius 3 is 2.29 bits per heavy atom. The highest BCUT2D eigenvalue weighted by Gasteiger charge is 2.18. The van der Waals surface area contributed by atoms with E-state index in [2.05, 4.69) is 43.6 Å². The lowest BCUT2D eigenvalue weighted by Gasteiger charge is -2.23. The Kier molecular flexibility index (Phi) is 5.72. The molecule has 0 N–H and O–H groups in total. The Hall–Kier alpha value is -0.0500. The molecule has 0 heterocycles. The first kappa shape index (κ1) is 13.9. The molecule has 1 atom stereocenters. The second-order valence-electron chi connectivity index (χ2n) is 5.12. The van der Waals surface area contributed by atoms with Gasteiger partial charge in [0.1, 0.15) is 0 Å². The van der Waals surface area contributed by atoms with Gasteiger partial charge in [-0.2, -0.15) is 0 Å². The Balaban J connectivity index is 3.88. The summed E-state index contributed by atoms with van der Waals surface area (Å²) in [6.07, 6.45) is 1.63. The van der Waals surface area contributed by atoms with Crippen molar-refractivity contribution < 1.29 is 4.79 Å². The lowest BCUT2D eigenvalue weighted by Crippen LogP contribution is -2.31. The number of rotatable bonds is 4. The molecule has 0 bridgehead atoms. The van der Waals surface area contributed by atoms with Crippen molar-refractivity contribution in [2.75, 3.05) is 13.6 Å². The van der Waals surface area contributed by atoms with Crippen LogP contribution in [-0.4, -0.2) is 29.2 Å². The fourth-order valence-corrected chi connectivity index (χ4v) is 1.29. The average Bonchev–Trinajstić information content (AvgIpc) is 1.96. The summed E-state index contributed by atoms with van der Waals surface area (Å²) in [6, 6.07) is 0. The van der Waals surface area contributed by atoms with Gasteiger partial charge in [-0.25, -0.2) is 0 Å². The number of halogens is 1. The maximum Gasteiger partial charge on any atom is 0.222 e. The lowest BCUT2D eigenvalue weighted by molar-refractivity contribution is -0.131. The molecule has 0 aliphatic rings. The van der Waals surface area contributed by atoms with Gasteiger partial charge in [-0.15, -0.1) is 0 Å². The van der Waals surface area contributed by atoms with Crippen LogP contribution in [0.3, 0.4) is 0 Å². The summed E-state index contributed by atoms with van der Waals surface area (Å²) in [6.45, 7) is 9.20. The summed E-state index contributed by atoms with van der Waals surface area (Å²) in [5, 5.41) is 0. The normalized spacial score (nSPS) is 13.9. The Morgan fingerprint density at radius 2 is 1.93 bits per heavy atom. The highest BCUT2D eigenvalue weighted by atomic mass is 79.9. The van der Waals surface area contributed by atoms with Crippen LogP contribution in [0.4, 0.5) is 0 Å². The number of carbonyl (C=O) groups is 1. The monoisotopic (exact) mass is 263 g/mol. The zero-order valence-electron chi connectivity index (χ0n) is 9.93. The van der Waals surface area contributed by atoms with E-state index in [1.807, 2.05) is 11.9 Å². The number of amides is 1. The Labute approximate surface area is 96.2 Å². The molecule has 0 radical (unpaired) electrons. The zero-order valence-corrected chi connectivity index (χ0v) is 11.5. The molecule has 0 aromatic rings. The summed E-state index contributed by atoms with van der Waals surface area (Å²) in [7, 11) is 1.88. The lowest BCUT2D eigenvalue weighted by atomic mass is 9.91. The zero-order chi connectivity index (χ0) is 11.4. The molecule has 1 amide bonds. The van der Waals surface area contributed by atoms with Crippen LogP contribution < -0.4 is 0 Å². The van der Waals surface area contributed by atoms with Crippen molar-refractivity contribution in [1.82, 2.24) is 4.90 Å². The van der Waals surface area contributed by atoms with Crippen LogP contribution in [0.2, 0.25) is 0 Å². The van der Waals surface area contributed by atoms with E-state index in [-0.39, 0.29) is 11.3 Å². The first-order valence-electron chi connectivity index (χ1n) is 5.10. The molecule has 0 aliphatic heterocycles. The minimum atomic E-state index is 0.0887. The molecule has 1 unspecified atom stereocenters. The van der Waals surface area contributed by atoms with Crippen LogP contribution in [0.5, 0.6) is 0 Å². The molecule has 14 heavy (non-hydrogen) atoms. The van der Waals surface area contributed by atoms with E-state index in [0.29, 0.717) is 11.2 Å². The average molecular weight is 264 g/mol. The van der Waals surface area contributed by atoms with Crippen LogP contribution in [0.25, 0.3) is 0 Å². The topological polar surface area (TPSA) is 20.3 Å². The third-order valence-electron chi connectivity index (χ3n) is 1.97. The summed E-state index contributed by atoms with van der Waals surface area (Å²) < 4.78 is 0. The van der Waals surface area contributed by atoms with E-state index >= 15 is 0 Å². The minimum Gasteiger partial charge on any atom is -0.346 e. The van der Waals surface area contributed by atoms with E-state index in [1.54, 1.807) is 0 Å². The van der Waals surface area contributed by atoms with Crippen LogP contribution in [0.1, 0.15) is 40.5 Å². The molecule has 0 aromatic heterocycles. The maximum atomic E-state index is 11.7. The van der Waals surface area contributed by atoms with Crippen molar-refractivity contribution >= 4 is 21.8 Å². The van der Waals surface area contributed by atoms with Crippen molar-refractivity contribution in [2.24, 2.45) is 5.41 Å². The molecule has 0 spiro atoms. The number of hydrogen-bond acceptors (Lipinski definition) is 1. The smallest absolute Gasteiger partial charge is 0.222 e. The van der Waals surface area contributed by atoms with Crippen LogP contribution in [0.15, 0.2) is 0 Å². The minimum absolute atomic E-state index is 0.0887. The number of hydrogen-bond donors (Lipinski definition) is 0. The highest BCUT2D eigenvalue weighted by molar-refractivity contribution is 9.09. The van der Waals surface area contributed by atoms with Gasteiger partial charge in [-0.1, -0.05) is 43.6 Å². The van der Waals surface area contributed by atoms with Crippen LogP contribution >= 0.6 is 15.9 Å². The van der Waals surface area contributed by atoms with Crippen molar-refractivity contribution in [3.8, 4) is 0 Å². The second kappa shape index (κ2) is 5.74. The molecular weight excluding hydrogens is 242 g/mol. The third kappa shape index (κ3) is 7.36. The molecule has 0 saturated heterocycles. The van der Waals surface area contributed by atoms with Gasteiger partial charge in [0.2, 0.25) is 5.91 Å². The summed E-state index contributed by atoms with van der Waals surface area (Å²) in [5.74, 6) is 0.241. The van der Waals surface area contributed by atoms with E-state index < -0.39 is 0 Å². The Bertz CT molecular complexity index is 184. The number of alkyl halides is 1. The van der Waals surface area contributed by atoms with Crippen molar-refractivity contribution in [1.29, 1.82) is 0 Å². The molecule has 0 saturated carbocycles. The standard InChI is InChI=1S/C11H22BrNO/c1-9(12)6-7-13(5)10(14)8-11(2,3)4/h9H,6-8H2,1-5H3. The molecule has 3 heteroatoms. The van der Waals surface area contributed by atoms with Gasteiger partial charge in [0.15, 0.2) is 0 Å². The van der Waals surface area contributed by atoms with Gasteiger partial charge >= 0.3 is 0 Å². The fourth-order valence-electron chi connectivity index (χ4n) is 1.08. The molecule has 2 nitrogen and oxygen atoms in total. The second-order valence-corrected chi connectivity index (χ2v) is 6.69. The van der Waals surface area contributed by atoms with E-state index in [4.69, 9.17) is 0 Å². The molecule has 84 valence electrons. The molecular formula is C11H22BrNO. The molecule has 0 aliphatic carbocycles. The van der Waals surface area contributed by atoms with Crippen molar-refractivity contribution in [3.05, 3.63) is 0 Å². The van der Waals surface area contributed by atoms with Gasteiger partial charge in [0.25, 0.3) is 0 Å². The van der Waals surface area contributed by atoms with E-state index in [9.17, 15) is 4.79 Å². The van der Waals surface area contributed by atoms with Crippen molar-refractivity contribution in [2.45, 2.75) is 45.4 Å². The summed E-state index contributed by atoms with van der Waals surface area (Å²) in [5.41, 5.74) is 0.0887. The predicted molar refractivity (Wildman–Crippen MR) is 64.7 cm³/mol. The maximum absolute atomic E-state index is 11.7. The van der Waals surface area contributed by atoms with E-state index in [0.717, 1.165) is 13.0 Å². The summed E-state index contributed by atoms with van der Waals surface area (Å²) >= 11 is 3.48. The van der Waals surface area contributed by atoms with Crippen molar-refractivity contribution in [3.63, 3.8) is 0 Å². The third-order valence-corrected chi connectivity index (χ3v) is 2.43. The number of carbonyl (C=O) groups excluding carboxylic acids is 1. The van der Waals surface area contributed by atoms with Crippen LogP contribution in [-0.2, 0) is 4.79 Å². The molecule has 0 aromatic carbocycles. The summed E-state index contributed by atoms with van der Waals surface area (Å²) in [4.78, 5) is 14.0. The Morgan fingerprint density at radius 1 is 1.43 bits per heavy atom. The molecule has 0 rings (SSSR count).